The summed E-state index contributed by atoms with van der Waals surface area (Å²) in [5.41, 5.74) is 8.10. The number of fused-ring (bicyclic) bond motifs is 1. The number of aromatic nitrogens is 1. The molecule has 1 amide bonds. The first-order valence-electron chi connectivity index (χ1n) is 11.0. The summed E-state index contributed by atoms with van der Waals surface area (Å²) in [4.78, 5) is 19.6. The van der Waals surface area contributed by atoms with Crippen LogP contribution >= 0.6 is 0 Å². The first-order valence-corrected chi connectivity index (χ1v) is 12.5. The quantitative estimate of drug-likeness (QED) is 0.534. The van der Waals surface area contributed by atoms with Gasteiger partial charge < -0.3 is 10.5 Å². The molecule has 0 bridgehead atoms. The Balaban J connectivity index is 1.76. The number of hydrogen-bond donors (Lipinski definition) is 2. The molecule has 2 aromatic carbocycles. The predicted molar refractivity (Wildman–Crippen MR) is 129 cm³/mol. The SMILES string of the molecule is CCOc1cccc2c1CN(Cc1ccccc1C)C2(C)C(=O)NS(=O)(=O)c1cccc(N)n1. The molecule has 4 rings (SSSR count). The van der Waals surface area contributed by atoms with E-state index in [-0.39, 0.29) is 10.8 Å². The van der Waals surface area contributed by atoms with Crippen molar-refractivity contribution in [1.82, 2.24) is 14.6 Å². The summed E-state index contributed by atoms with van der Waals surface area (Å²) in [6.07, 6.45) is 0. The number of amides is 1. The number of carbonyl (C=O) groups excluding carboxylic acids is 1. The first kappa shape index (κ1) is 23.7. The smallest absolute Gasteiger partial charge is 0.281 e. The van der Waals surface area contributed by atoms with E-state index in [1.165, 1.54) is 18.2 Å². The maximum atomic E-state index is 13.7. The van der Waals surface area contributed by atoms with Gasteiger partial charge in [0.05, 0.1) is 6.61 Å². The van der Waals surface area contributed by atoms with Gasteiger partial charge in [-0.05, 0) is 55.7 Å². The average Bonchev–Trinajstić information content (AvgIpc) is 3.09. The molecule has 1 aliphatic heterocycles. The molecule has 1 atom stereocenters. The number of nitrogens with two attached hydrogens (primary N) is 1. The Morgan fingerprint density at radius 2 is 1.88 bits per heavy atom. The number of benzene rings is 2. The van der Waals surface area contributed by atoms with Gasteiger partial charge in [-0.25, -0.2) is 9.71 Å². The topological polar surface area (TPSA) is 115 Å². The van der Waals surface area contributed by atoms with Gasteiger partial charge in [0.2, 0.25) is 0 Å². The number of pyridine rings is 1. The number of ether oxygens (including phenoxy) is 1. The van der Waals surface area contributed by atoms with Gasteiger partial charge in [0.15, 0.2) is 5.03 Å². The van der Waals surface area contributed by atoms with Crippen LogP contribution in [0.2, 0.25) is 0 Å². The zero-order valence-corrected chi connectivity index (χ0v) is 20.2. The molecule has 3 N–H and O–H groups in total. The summed E-state index contributed by atoms with van der Waals surface area (Å²) < 4.78 is 34.1. The number of sulfonamides is 1. The van der Waals surface area contributed by atoms with Crippen LogP contribution in [0.25, 0.3) is 0 Å². The first-order chi connectivity index (χ1) is 16.2. The molecule has 2 heterocycles. The molecular weight excluding hydrogens is 452 g/mol. The summed E-state index contributed by atoms with van der Waals surface area (Å²) in [5, 5.41) is -0.309. The van der Waals surface area contributed by atoms with Crippen molar-refractivity contribution in [3.8, 4) is 5.75 Å². The summed E-state index contributed by atoms with van der Waals surface area (Å²) >= 11 is 0. The van der Waals surface area contributed by atoms with E-state index in [0.29, 0.717) is 31.0 Å². The number of hydrogen-bond acceptors (Lipinski definition) is 7. The molecule has 178 valence electrons. The van der Waals surface area contributed by atoms with Crippen molar-refractivity contribution in [2.45, 2.75) is 44.4 Å². The van der Waals surface area contributed by atoms with E-state index in [9.17, 15) is 13.2 Å². The lowest BCUT2D eigenvalue weighted by molar-refractivity contribution is -0.131. The van der Waals surface area contributed by atoms with Crippen molar-refractivity contribution >= 4 is 21.7 Å². The van der Waals surface area contributed by atoms with Crippen LogP contribution in [0.15, 0.2) is 65.7 Å². The van der Waals surface area contributed by atoms with Crippen molar-refractivity contribution < 1.29 is 17.9 Å². The van der Waals surface area contributed by atoms with Crippen LogP contribution < -0.4 is 15.2 Å². The summed E-state index contributed by atoms with van der Waals surface area (Å²) in [5.74, 6) is 0.0691. The number of nitrogens with one attached hydrogen (secondary N) is 1. The highest BCUT2D eigenvalue weighted by atomic mass is 32.2. The molecule has 0 radical (unpaired) electrons. The number of aryl methyl sites for hydroxylation is 1. The van der Waals surface area contributed by atoms with Crippen molar-refractivity contribution in [3.05, 3.63) is 82.9 Å². The van der Waals surface area contributed by atoms with E-state index >= 15 is 0 Å². The molecule has 1 aliphatic rings. The maximum absolute atomic E-state index is 13.7. The number of nitrogen functional groups attached to an aromatic ring is 1. The average molecular weight is 481 g/mol. The second kappa shape index (κ2) is 9.08. The third kappa shape index (κ3) is 4.24. The molecule has 0 fully saturated rings. The Morgan fingerprint density at radius 1 is 1.15 bits per heavy atom. The fourth-order valence-electron chi connectivity index (χ4n) is 4.32. The summed E-state index contributed by atoms with van der Waals surface area (Å²) in [6.45, 7) is 7.01. The number of nitrogens with zero attached hydrogens (tertiary/aromatic N) is 2. The Kier molecular flexibility index (Phi) is 6.33. The van der Waals surface area contributed by atoms with Crippen molar-refractivity contribution in [3.63, 3.8) is 0 Å². The van der Waals surface area contributed by atoms with Gasteiger partial charge in [0.25, 0.3) is 15.9 Å². The highest BCUT2D eigenvalue weighted by Gasteiger charge is 2.49. The summed E-state index contributed by atoms with van der Waals surface area (Å²) in [7, 11) is -4.23. The Hall–Kier alpha value is -3.43. The second-order valence-electron chi connectivity index (χ2n) is 8.41. The molecule has 1 aromatic heterocycles. The molecule has 0 aliphatic carbocycles. The molecule has 8 nitrogen and oxygen atoms in total. The minimum Gasteiger partial charge on any atom is -0.494 e. The molecule has 9 heteroatoms. The predicted octanol–water partition coefficient (Wildman–Crippen LogP) is 3.11. The lowest BCUT2D eigenvalue weighted by atomic mass is 9.90. The highest BCUT2D eigenvalue weighted by molar-refractivity contribution is 7.90. The fraction of sp³-hybridized carbons (Fsp3) is 0.280. The molecule has 0 spiro atoms. The van der Waals surface area contributed by atoms with E-state index in [0.717, 1.165) is 16.7 Å². The van der Waals surface area contributed by atoms with Crippen molar-refractivity contribution in [1.29, 1.82) is 0 Å². The minimum absolute atomic E-state index is 0.0512. The Bertz CT molecular complexity index is 1340. The van der Waals surface area contributed by atoms with Gasteiger partial charge in [-0.15, -0.1) is 0 Å². The van der Waals surface area contributed by atoms with Crippen LogP contribution in [0, 0.1) is 6.92 Å². The lowest BCUT2D eigenvalue weighted by Crippen LogP contribution is -2.52. The van der Waals surface area contributed by atoms with Crippen LogP contribution in [0.5, 0.6) is 5.75 Å². The molecule has 1 unspecified atom stereocenters. The number of anilines is 1. The van der Waals surface area contributed by atoms with Crippen molar-refractivity contribution in [2.75, 3.05) is 12.3 Å². The molecular formula is C25H28N4O4S. The van der Waals surface area contributed by atoms with Crippen LogP contribution in [0.1, 0.15) is 36.1 Å². The van der Waals surface area contributed by atoms with Crippen LogP contribution in [-0.4, -0.2) is 30.8 Å². The standard InChI is InChI=1S/C25H28N4O4S/c1-4-33-21-12-7-11-20-19(21)16-29(15-18-10-6-5-9-17(18)2)25(20,3)24(30)28-34(31,32)23-14-8-13-22(26)27-23/h5-14H,4,15-16H2,1-3H3,(H2,26,27)(H,28,30). The zero-order valence-electron chi connectivity index (χ0n) is 19.4. The maximum Gasteiger partial charge on any atom is 0.281 e. The van der Waals surface area contributed by atoms with Gasteiger partial charge in [-0.3, -0.25) is 9.69 Å². The van der Waals surface area contributed by atoms with Gasteiger partial charge in [-0.1, -0.05) is 42.5 Å². The Labute approximate surface area is 199 Å². The second-order valence-corrected chi connectivity index (χ2v) is 10.0. The molecule has 34 heavy (non-hydrogen) atoms. The lowest BCUT2D eigenvalue weighted by Gasteiger charge is -2.34. The number of rotatable bonds is 7. The Morgan fingerprint density at radius 3 is 2.59 bits per heavy atom. The third-order valence-electron chi connectivity index (χ3n) is 6.25. The van der Waals surface area contributed by atoms with Crippen LogP contribution in [0.4, 0.5) is 5.82 Å². The molecule has 0 saturated heterocycles. The fourth-order valence-corrected chi connectivity index (χ4v) is 5.35. The highest BCUT2D eigenvalue weighted by Crippen LogP contribution is 2.44. The summed E-state index contributed by atoms with van der Waals surface area (Å²) in [6, 6.07) is 17.7. The third-order valence-corrected chi connectivity index (χ3v) is 7.48. The normalized spacial score (nSPS) is 17.9. The zero-order chi connectivity index (χ0) is 24.5. The van der Waals surface area contributed by atoms with E-state index in [4.69, 9.17) is 10.5 Å². The van der Waals surface area contributed by atoms with E-state index in [2.05, 4.69) is 9.71 Å². The molecule has 0 saturated carbocycles. The minimum atomic E-state index is -4.23. The monoisotopic (exact) mass is 480 g/mol. The van der Waals surface area contributed by atoms with Crippen molar-refractivity contribution in [2.24, 2.45) is 0 Å². The van der Waals surface area contributed by atoms with Gasteiger partial charge in [0.1, 0.15) is 17.1 Å². The van der Waals surface area contributed by atoms with E-state index < -0.39 is 21.5 Å². The van der Waals surface area contributed by atoms with Crippen LogP contribution in [-0.2, 0) is 33.4 Å². The van der Waals surface area contributed by atoms with Gasteiger partial charge in [0, 0.05) is 18.7 Å². The largest absolute Gasteiger partial charge is 0.494 e. The van der Waals surface area contributed by atoms with Crippen LogP contribution in [0.3, 0.4) is 0 Å². The number of carbonyl (C=O) groups is 1. The van der Waals surface area contributed by atoms with E-state index in [1.807, 2.05) is 61.2 Å². The molecule has 3 aromatic rings. The van der Waals surface area contributed by atoms with Gasteiger partial charge in [-0.2, -0.15) is 8.42 Å². The van der Waals surface area contributed by atoms with E-state index in [1.54, 1.807) is 6.92 Å². The van der Waals surface area contributed by atoms with Gasteiger partial charge >= 0.3 is 0 Å².